The fraction of sp³-hybridized carbons (Fsp3) is 0.350. The van der Waals surface area contributed by atoms with Crippen molar-refractivity contribution in [1.29, 1.82) is 0 Å². The van der Waals surface area contributed by atoms with E-state index in [0.717, 1.165) is 16.7 Å². The highest BCUT2D eigenvalue weighted by molar-refractivity contribution is 7.46. The second-order valence-corrected chi connectivity index (χ2v) is 7.97. The standard InChI is InChI=1S/C20H24NO8P/c1-11(22)21-16-8-5-12-9-17(26-2)19(27-3)20(28-4)18(12)14-7-6-13(10-15(14)16)29-30(23,24)25/h6-7,9-10,16H,5,8H2,1-4H3,(H,21,22)(H2,23,24,25)/t16-/m1/s1. The number of ether oxygens (including phenoxy) is 3. The maximum Gasteiger partial charge on any atom is 0.524 e. The molecule has 0 heterocycles. The Morgan fingerprint density at radius 2 is 1.80 bits per heavy atom. The van der Waals surface area contributed by atoms with Crippen molar-refractivity contribution < 1.29 is 37.9 Å². The Morgan fingerprint density at radius 3 is 2.37 bits per heavy atom. The molecule has 9 nitrogen and oxygen atoms in total. The average molecular weight is 437 g/mol. The van der Waals surface area contributed by atoms with Crippen molar-refractivity contribution in [3.05, 3.63) is 35.4 Å². The molecule has 0 radical (unpaired) electrons. The van der Waals surface area contributed by atoms with Crippen molar-refractivity contribution in [2.45, 2.75) is 25.8 Å². The number of amides is 1. The Hall–Kier alpha value is -2.74. The molecule has 3 rings (SSSR count). The van der Waals surface area contributed by atoms with E-state index in [9.17, 15) is 19.1 Å². The Kier molecular flexibility index (Phi) is 6.26. The van der Waals surface area contributed by atoms with Crippen molar-refractivity contribution in [3.63, 3.8) is 0 Å². The minimum Gasteiger partial charge on any atom is -0.493 e. The summed E-state index contributed by atoms with van der Waals surface area (Å²) in [5.41, 5.74) is 3.08. The van der Waals surface area contributed by atoms with Crippen molar-refractivity contribution in [2.75, 3.05) is 21.3 Å². The van der Waals surface area contributed by atoms with Crippen LogP contribution in [0.2, 0.25) is 0 Å². The van der Waals surface area contributed by atoms with Gasteiger partial charge < -0.3 is 24.1 Å². The maximum absolute atomic E-state index is 11.8. The molecule has 0 saturated carbocycles. The molecule has 1 amide bonds. The number of aryl methyl sites for hydroxylation is 1. The minimum absolute atomic E-state index is 0.000305. The number of carbonyl (C=O) groups excluding carboxylic acids is 1. The molecule has 162 valence electrons. The van der Waals surface area contributed by atoms with E-state index in [1.54, 1.807) is 13.2 Å². The molecule has 0 spiro atoms. The van der Waals surface area contributed by atoms with Crippen molar-refractivity contribution >= 4 is 13.7 Å². The summed E-state index contributed by atoms with van der Waals surface area (Å²) in [5, 5.41) is 2.91. The lowest BCUT2D eigenvalue weighted by molar-refractivity contribution is -0.119. The highest BCUT2D eigenvalue weighted by Crippen LogP contribution is 2.51. The van der Waals surface area contributed by atoms with Crippen LogP contribution < -0.4 is 24.1 Å². The third-order valence-electron chi connectivity index (χ3n) is 4.88. The molecule has 1 atom stereocenters. The van der Waals surface area contributed by atoms with Crippen LogP contribution in [0.5, 0.6) is 23.0 Å². The van der Waals surface area contributed by atoms with Crippen molar-refractivity contribution in [2.24, 2.45) is 0 Å². The number of benzene rings is 2. The lowest BCUT2D eigenvalue weighted by Crippen LogP contribution is -2.26. The van der Waals surface area contributed by atoms with Crippen LogP contribution in [0.1, 0.15) is 30.5 Å². The third-order valence-corrected chi connectivity index (χ3v) is 5.33. The molecule has 2 aromatic rings. The Bertz CT molecular complexity index is 1020. The molecule has 10 heteroatoms. The van der Waals surface area contributed by atoms with Crippen molar-refractivity contribution in [1.82, 2.24) is 5.32 Å². The van der Waals surface area contributed by atoms with Crippen LogP contribution in [-0.2, 0) is 15.8 Å². The number of phosphoric acid groups is 1. The maximum atomic E-state index is 11.8. The highest BCUT2D eigenvalue weighted by Gasteiger charge is 2.30. The summed E-state index contributed by atoms with van der Waals surface area (Å²) in [6.07, 6.45) is 1.15. The Balaban J connectivity index is 2.28. The predicted octanol–water partition coefficient (Wildman–Crippen LogP) is 2.97. The van der Waals surface area contributed by atoms with Crippen LogP contribution >= 0.6 is 7.82 Å². The van der Waals surface area contributed by atoms with Gasteiger partial charge in [0.25, 0.3) is 0 Å². The summed E-state index contributed by atoms with van der Waals surface area (Å²) in [5.74, 6) is 1.20. The van der Waals surface area contributed by atoms with Gasteiger partial charge in [-0.05, 0) is 47.7 Å². The fourth-order valence-corrected chi connectivity index (χ4v) is 4.19. The number of hydrogen-bond donors (Lipinski definition) is 3. The van der Waals surface area contributed by atoms with Gasteiger partial charge in [-0.1, -0.05) is 6.07 Å². The van der Waals surface area contributed by atoms with Crippen LogP contribution in [0, 0.1) is 0 Å². The number of carbonyl (C=O) groups is 1. The number of hydrogen-bond acceptors (Lipinski definition) is 6. The zero-order valence-corrected chi connectivity index (χ0v) is 18.0. The van der Waals surface area contributed by atoms with Crippen molar-refractivity contribution in [3.8, 4) is 34.1 Å². The first-order valence-electron chi connectivity index (χ1n) is 9.17. The first kappa shape index (κ1) is 22.0. The van der Waals surface area contributed by atoms with E-state index in [2.05, 4.69) is 5.32 Å². The molecule has 0 aliphatic heterocycles. The third kappa shape index (κ3) is 4.38. The fourth-order valence-electron chi connectivity index (χ4n) is 3.80. The monoisotopic (exact) mass is 437 g/mol. The predicted molar refractivity (Wildman–Crippen MR) is 109 cm³/mol. The summed E-state index contributed by atoms with van der Waals surface area (Å²) < 4.78 is 32.7. The zero-order valence-electron chi connectivity index (χ0n) is 17.1. The van der Waals surface area contributed by atoms with E-state index >= 15 is 0 Å². The Labute approximate surface area is 174 Å². The molecule has 0 unspecified atom stereocenters. The van der Waals surface area contributed by atoms with Gasteiger partial charge in [-0.25, -0.2) is 4.57 Å². The number of methoxy groups -OCH3 is 3. The van der Waals surface area contributed by atoms with Crippen LogP contribution in [-0.4, -0.2) is 37.0 Å². The normalized spacial score (nSPS) is 15.3. The van der Waals surface area contributed by atoms with E-state index < -0.39 is 13.9 Å². The zero-order chi connectivity index (χ0) is 22.1. The van der Waals surface area contributed by atoms with Gasteiger partial charge >= 0.3 is 7.82 Å². The molecular formula is C20H24NO8P. The van der Waals surface area contributed by atoms with Gasteiger partial charge in [-0.3, -0.25) is 14.6 Å². The first-order chi connectivity index (χ1) is 14.2. The van der Waals surface area contributed by atoms with E-state index in [1.165, 1.54) is 33.3 Å². The smallest absolute Gasteiger partial charge is 0.493 e. The largest absolute Gasteiger partial charge is 0.524 e. The lowest BCUT2D eigenvalue weighted by atomic mass is 9.93. The summed E-state index contributed by atoms with van der Waals surface area (Å²) in [7, 11) is -0.151. The van der Waals surface area contributed by atoms with Gasteiger partial charge in [-0.15, -0.1) is 0 Å². The second kappa shape index (κ2) is 8.55. The van der Waals surface area contributed by atoms with Crippen LogP contribution in [0.4, 0.5) is 0 Å². The number of phosphoric ester groups is 1. The highest BCUT2D eigenvalue weighted by atomic mass is 31.2. The molecule has 1 aliphatic rings. The molecule has 1 aliphatic carbocycles. The summed E-state index contributed by atoms with van der Waals surface area (Å²) in [6, 6.07) is 6.16. The molecule has 0 aromatic heterocycles. The SMILES string of the molecule is COc1cc2c(c(OC)c1OC)-c1ccc(OP(=O)(O)O)cc1[C@H](NC(C)=O)CC2. The van der Waals surface area contributed by atoms with E-state index in [1.807, 2.05) is 6.07 Å². The van der Waals surface area contributed by atoms with Gasteiger partial charge in [0, 0.05) is 12.5 Å². The number of rotatable bonds is 6. The van der Waals surface area contributed by atoms with E-state index in [4.69, 9.17) is 18.7 Å². The topological polar surface area (TPSA) is 124 Å². The quantitative estimate of drug-likeness (QED) is 0.590. The average Bonchev–Trinajstić information content (AvgIpc) is 2.82. The van der Waals surface area contributed by atoms with Crippen LogP contribution in [0.3, 0.4) is 0 Å². The summed E-state index contributed by atoms with van der Waals surface area (Å²) in [4.78, 5) is 30.2. The molecule has 0 saturated heterocycles. The molecule has 2 aromatic carbocycles. The minimum atomic E-state index is -4.74. The van der Waals surface area contributed by atoms with Gasteiger partial charge in [0.1, 0.15) is 5.75 Å². The second-order valence-electron chi connectivity index (χ2n) is 6.80. The van der Waals surface area contributed by atoms with Gasteiger partial charge in [-0.2, -0.15) is 0 Å². The number of fused-ring (bicyclic) bond motifs is 3. The number of nitrogens with one attached hydrogen (secondary N) is 1. The van der Waals surface area contributed by atoms with Gasteiger partial charge in [0.05, 0.1) is 27.4 Å². The lowest BCUT2D eigenvalue weighted by Gasteiger charge is -2.21. The molecule has 0 fully saturated rings. The molecule has 0 bridgehead atoms. The van der Waals surface area contributed by atoms with Crippen LogP contribution in [0.25, 0.3) is 11.1 Å². The molecular weight excluding hydrogens is 413 g/mol. The van der Waals surface area contributed by atoms with Gasteiger partial charge in [0.2, 0.25) is 11.7 Å². The summed E-state index contributed by atoms with van der Waals surface area (Å²) in [6.45, 7) is 1.42. The molecule has 3 N–H and O–H groups in total. The Morgan fingerprint density at radius 1 is 1.10 bits per heavy atom. The van der Waals surface area contributed by atoms with E-state index in [-0.39, 0.29) is 11.7 Å². The first-order valence-corrected chi connectivity index (χ1v) is 10.7. The van der Waals surface area contributed by atoms with E-state index in [0.29, 0.717) is 35.7 Å². The summed E-state index contributed by atoms with van der Waals surface area (Å²) >= 11 is 0. The molecule has 30 heavy (non-hydrogen) atoms. The van der Waals surface area contributed by atoms with Gasteiger partial charge in [0.15, 0.2) is 11.5 Å². The van der Waals surface area contributed by atoms with Crippen LogP contribution in [0.15, 0.2) is 24.3 Å².